The second-order valence-electron chi connectivity index (χ2n) is 9.98. The van der Waals surface area contributed by atoms with Crippen LogP contribution in [0, 0.1) is 11.3 Å². The Balaban J connectivity index is 1.71. The summed E-state index contributed by atoms with van der Waals surface area (Å²) in [6.07, 6.45) is 5.88. The molecule has 1 aliphatic heterocycles. The van der Waals surface area contributed by atoms with Gasteiger partial charge in [-0.3, -0.25) is 9.69 Å². The number of halogens is 3. The molecule has 4 aliphatic rings. The number of alkyl halides is 3. The summed E-state index contributed by atoms with van der Waals surface area (Å²) in [6.45, 7) is 4.05. The summed E-state index contributed by atoms with van der Waals surface area (Å²) in [6, 6.07) is -0.801. The third kappa shape index (κ3) is 4.76. The van der Waals surface area contributed by atoms with E-state index in [-0.39, 0.29) is 6.10 Å². The van der Waals surface area contributed by atoms with Crippen molar-refractivity contribution in [1.82, 2.24) is 10.2 Å². The zero-order valence-corrected chi connectivity index (χ0v) is 19.6. The minimum Gasteiger partial charge on any atom is -0.493 e. The Hall–Kier alpha value is -2.29. The van der Waals surface area contributed by atoms with E-state index in [9.17, 15) is 22.8 Å². The van der Waals surface area contributed by atoms with E-state index in [0.29, 0.717) is 67.3 Å². The van der Waals surface area contributed by atoms with Gasteiger partial charge in [0.2, 0.25) is 0 Å². The fourth-order valence-corrected chi connectivity index (χ4v) is 5.60. The number of fused-ring (bicyclic) bond motifs is 1. The Morgan fingerprint density at radius 3 is 2.50 bits per heavy atom. The Morgan fingerprint density at radius 2 is 1.88 bits per heavy atom. The molecule has 1 N–H and O–H groups in total. The summed E-state index contributed by atoms with van der Waals surface area (Å²) in [4.78, 5) is 27.6. The maximum atomic E-state index is 13.9. The molecule has 0 bridgehead atoms. The van der Waals surface area contributed by atoms with Gasteiger partial charge in [-0.15, -0.1) is 0 Å². The number of ether oxygens (including phenoxy) is 2. The number of carbonyl (C=O) groups is 2. The molecular formula is C25H33F3N2O4. The van der Waals surface area contributed by atoms with Gasteiger partial charge in [-0.2, -0.15) is 13.2 Å². The van der Waals surface area contributed by atoms with Crippen molar-refractivity contribution in [3.63, 3.8) is 0 Å². The van der Waals surface area contributed by atoms with E-state index in [4.69, 9.17) is 9.47 Å². The van der Waals surface area contributed by atoms with Crippen LogP contribution in [0.3, 0.4) is 0 Å². The van der Waals surface area contributed by atoms with Crippen molar-refractivity contribution < 1.29 is 32.2 Å². The molecule has 3 fully saturated rings. The molecule has 0 aromatic heterocycles. The summed E-state index contributed by atoms with van der Waals surface area (Å²) in [7, 11) is 1.65. The molecule has 3 amide bonds. The number of hydrogen-bond acceptors (Lipinski definition) is 4. The molecule has 1 unspecified atom stereocenters. The van der Waals surface area contributed by atoms with Crippen LogP contribution in [0.5, 0.6) is 0 Å². The lowest BCUT2D eigenvalue weighted by Crippen LogP contribution is -2.62. The van der Waals surface area contributed by atoms with Gasteiger partial charge in [0.25, 0.3) is 5.91 Å². The highest BCUT2D eigenvalue weighted by molar-refractivity contribution is 6.10. The van der Waals surface area contributed by atoms with Crippen LogP contribution in [0.15, 0.2) is 36.1 Å². The minimum absolute atomic E-state index is 0.0422. The average Bonchev–Trinajstić information content (AvgIpc) is 3.57. The number of imide groups is 1. The zero-order valence-electron chi connectivity index (χ0n) is 19.6. The van der Waals surface area contributed by atoms with Crippen LogP contribution >= 0.6 is 0 Å². The number of amides is 3. The second kappa shape index (κ2) is 9.40. The molecule has 4 rings (SSSR count). The lowest BCUT2D eigenvalue weighted by Gasteiger charge is -2.50. The van der Waals surface area contributed by atoms with Crippen molar-refractivity contribution in [3.05, 3.63) is 36.1 Å². The first-order valence-electron chi connectivity index (χ1n) is 12.0. The molecular weight excluding hydrogens is 449 g/mol. The van der Waals surface area contributed by atoms with Gasteiger partial charge in [0, 0.05) is 19.1 Å². The van der Waals surface area contributed by atoms with Crippen LogP contribution in [0.2, 0.25) is 0 Å². The van der Waals surface area contributed by atoms with E-state index < -0.39 is 42.0 Å². The van der Waals surface area contributed by atoms with Crippen LogP contribution in [0.25, 0.3) is 0 Å². The average molecular weight is 483 g/mol. The zero-order chi connectivity index (χ0) is 24.6. The van der Waals surface area contributed by atoms with E-state index in [2.05, 4.69) is 11.9 Å². The van der Waals surface area contributed by atoms with Crippen molar-refractivity contribution >= 4 is 11.9 Å². The van der Waals surface area contributed by atoms with E-state index in [0.717, 1.165) is 12.8 Å². The van der Waals surface area contributed by atoms with Crippen molar-refractivity contribution in [2.75, 3.05) is 20.3 Å². The predicted molar refractivity (Wildman–Crippen MR) is 120 cm³/mol. The number of nitrogens with one attached hydrogen (secondary N) is 1. The molecule has 2 saturated carbocycles. The number of rotatable bonds is 6. The van der Waals surface area contributed by atoms with Crippen LogP contribution in [-0.4, -0.2) is 54.9 Å². The number of methoxy groups -OCH3 is 1. The normalized spacial score (nSPS) is 34.9. The van der Waals surface area contributed by atoms with E-state index in [1.807, 2.05) is 12.2 Å². The summed E-state index contributed by atoms with van der Waals surface area (Å²) in [5.41, 5.74) is -1.85. The predicted octanol–water partition coefficient (Wildman–Crippen LogP) is 5.02. The minimum atomic E-state index is -4.48. The summed E-state index contributed by atoms with van der Waals surface area (Å²) in [5, 5.41) is 2.84. The molecule has 3 aliphatic carbocycles. The van der Waals surface area contributed by atoms with Gasteiger partial charge in [-0.25, -0.2) is 4.79 Å². The first kappa shape index (κ1) is 24.8. The lowest BCUT2D eigenvalue weighted by atomic mass is 9.56. The summed E-state index contributed by atoms with van der Waals surface area (Å²) >= 11 is 0. The Kier molecular flexibility index (Phi) is 6.86. The first-order valence-corrected chi connectivity index (χ1v) is 12.0. The standard InChI is InChI=1S/C25H33F3N2O4/c1-17-15-20(34-16-18-6-7-18)5-3-4-10-23(11-8-19(33-2)9-12-23)25(17)21(31)30(22(32)29-25)14-13-24(26,27)28/h3,5,15,18-19H,1,4,6-14,16H2,2H3,(H,29,32)/b5-3-,20-15+. The van der Waals surface area contributed by atoms with Crippen molar-refractivity contribution in [3.8, 4) is 0 Å². The largest absolute Gasteiger partial charge is 0.493 e. The van der Waals surface area contributed by atoms with Crippen molar-refractivity contribution in [2.24, 2.45) is 11.3 Å². The van der Waals surface area contributed by atoms with Gasteiger partial charge in [-0.05, 0) is 75.0 Å². The number of urea groups is 1. The SMILES string of the molecule is C=C1/C=C(OCC2CC2)\C=C/CCC2(CCC(OC)CC2)C12NC(=O)N(CCC(F)(F)F)C2=O. The van der Waals surface area contributed by atoms with E-state index in [1.165, 1.54) is 0 Å². The monoisotopic (exact) mass is 482 g/mol. The number of allylic oxidation sites excluding steroid dienone is 2. The molecule has 34 heavy (non-hydrogen) atoms. The molecule has 9 heteroatoms. The number of carbonyl (C=O) groups excluding carboxylic acids is 2. The van der Waals surface area contributed by atoms with Crippen molar-refractivity contribution in [2.45, 2.75) is 75.6 Å². The highest BCUT2D eigenvalue weighted by Gasteiger charge is 2.64. The van der Waals surface area contributed by atoms with Gasteiger partial charge < -0.3 is 14.8 Å². The molecule has 0 aromatic carbocycles. The molecule has 1 heterocycles. The van der Waals surface area contributed by atoms with Gasteiger partial charge in [0.1, 0.15) is 5.76 Å². The van der Waals surface area contributed by atoms with E-state index in [1.54, 1.807) is 13.2 Å². The summed E-state index contributed by atoms with van der Waals surface area (Å²) in [5.74, 6) is 0.419. The Bertz CT molecular complexity index is 885. The molecule has 188 valence electrons. The maximum absolute atomic E-state index is 13.9. The van der Waals surface area contributed by atoms with Crippen LogP contribution in [-0.2, 0) is 14.3 Å². The molecule has 1 atom stereocenters. The van der Waals surface area contributed by atoms with Crippen LogP contribution in [0.4, 0.5) is 18.0 Å². The summed E-state index contributed by atoms with van der Waals surface area (Å²) < 4.78 is 50.3. The first-order chi connectivity index (χ1) is 16.1. The third-order valence-electron chi connectivity index (χ3n) is 7.80. The highest BCUT2D eigenvalue weighted by Crippen LogP contribution is 2.54. The quantitative estimate of drug-likeness (QED) is 0.540. The van der Waals surface area contributed by atoms with Gasteiger partial charge >= 0.3 is 12.2 Å². The third-order valence-corrected chi connectivity index (χ3v) is 7.80. The fraction of sp³-hybridized carbons (Fsp3) is 0.680. The maximum Gasteiger partial charge on any atom is 0.390 e. The smallest absolute Gasteiger partial charge is 0.390 e. The van der Waals surface area contributed by atoms with Gasteiger partial charge in [0.15, 0.2) is 5.54 Å². The highest BCUT2D eigenvalue weighted by atomic mass is 19.4. The molecule has 0 radical (unpaired) electrons. The molecule has 0 aromatic rings. The van der Waals surface area contributed by atoms with Crippen LogP contribution in [0.1, 0.15) is 57.8 Å². The number of hydrogen-bond donors (Lipinski definition) is 1. The van der Waals surface area contributed by atoms with Crippen molar-refractivity contribution in [1.29, 1.82) is 0 Å². The molecule has 6 nitrogen and oxygen atoms in total. The van der Waals surface area contributed by atoms with E-state index >= 15 is 0 Å². The number of nitrogens with zero attached hydrogens (tertiary/aromatic N) is 1. The van der Waals surface area contributed by atoms with Gasteiger partial charge in [-0.1, -0.05) is 12.7 Å². The van der Waals surface area contributed by atoms with Gasteiger partial charge in [0.05, 0.1) is 19.1 Å². The lowest BCUT2D eigenvalue weighted by molar-refractivity contribution is -0.145. The Morgan fingerprint density at radius 1 is 1.18 bits per heavy atom. The molecule has 1 saturated heterocycles. The Labute approximate surface area is 198 Å². The topological polar surface area (TPSA) is 67.9 Å². The second-order valence-corrected chi connectivity index (χ2v) is 9.98. The fourth-order valence-electron chi connectivity index (χ4n) is 5.60. The molecule has 2 spiro atoms. The van der Waals surface area contributed by atoms with Crippen LogP contribution < -0.4 is 5.32 Å².